The molecular weight excluding hydrogens is 340 g/mol. The van der Waals surface area contributed by atoms with E-state index >= 15 is 0 Å². The van der Waals surface area contributed by atoms with E-state index < -0.39 is 0 Å². The number of pyridine rings is 1. The lowest BCUT2D eigenvalue weighted by atomic mass is 10.0. The average Bonchev–Trinajstić information content (AvgIpc) is 3.28. The Labute approximate surface area is 138 Å². The Kier molecular flexibility index (Phi) is 2.56. The monoisotopic (exact) mass is 358 g/mol. The van der Waals surface area contributed by atoms with E-state index in [1.54, 1.807) is 6.07 Å². The second-order valence-electron chi connectivity index (χ2n) is 7.02. The molecule has 22 heavy (non-hydrogen) atoms. The Balaban J connectivity index is 1.52. The minimum atomic E-state index is 0.322. The van der Waals surface area contributed by atoms with Gasteiger partial charge in [0.25, 0.3) is 0 Å². The van der Waals surface area contributed by atoms with E-state index in [1.165, 1.54) is 24.9 Å². The lowest BCUT2D eigenvalue weighted by Gasteiger charge is -2.08. The molecule has 1 aromatic carbocycles. The molecule has 0 bridgehead atoms. The van der Waals surface area contributed by atoms with Crippen molar-refractivity contribution in [3.63, 3.8) is 0 Å². The summed E-state index contributed by atoms with van der Waals surface area (Å²) >= 11 is 3.54. The maximum absolute atomic E-state index is 9.82. The molecule has 1 aromatic heterocycles. The van der Waals surface area contributed by atoms with Gasteiger partial charge in [0.15, 0.2) is 0 Å². The van der Waals surface area contributed by atoms with Crippen LogP contribution in [0.4, 0.5) is 0 Å². The molecule has 4 heteroatoms. The second kappa shape index (κ2) is 4.24. The molecule has 3 fully saturated rings. The standard InChI is InChI=1S/C18H19BrN2O/c1-2-13-14-5-6-21-16(18(13,14)21)7-10-8-17(19)20-15-4-3-11(22)9-12(10)15/h3-4,8-9,13-14,16,22H,2,5-7H2,1H3. The molecule has 114 valence electrons. The van der Waals surface area contributed by atoms with E-state index in [-0.39, 0.29) is 0 Å². The Hall–Kier alpha value is -1.13. The predicted octanol–water partition coefficient (Wildman–Crippen LogP) is 3.73. The number of aromatic nitrogens is 1. The van der Waals surface area contributed by atoms with E-state index in [4.69, 9.17) is 0 Å². The summed E-state index contributed by atoms with van der Waals surface area (Å²) in [6.45, 7) is 3.61. The second-order valence-corrected chi connectivity index (χ2v) is 7.83. The van der Waals surface area contributed by atoms with Crippen molar-refractivity contribution in [3.05, 3.63) is 34.4 Å². The highest BCUT2D eigenvalue weighted by atomic mass is 79.9. The number of hydrogen-bond acceptors (Lipinski definition) is 3. The molecule has 5 rings (SSSR count). The van der Waals surface area contributed by atoms with Gasteiger partial charge >= 0.3 is 0 Å². The zero-order valence-electron chi connectivity index (χ0n) is 12.6. The minimum Gasteiger partial charge on any atom is -0.508 e. The van der Waals surface area contributed by atoms with Gasteiger partial charge in [-0.25, -0.2) is 4.98 Å². The average molecular weight is 359 g/mol. The number of aromatic hydroxyl groups is 1. The number of fused-ring (bicyclic) bond motifs is 1. The van der Waals surface area contributed by atoms with Crippen LogP contribution in [0.2, 0.25) is 0 Å². The maximum Gasteiger partial charge on any atom is 0.116 e. The summed E-state index contributed by atoms with van der Waals surface area (Å²) in [5.74, 6) is 2.20. The fourth-order valence-electron chi connectivity index (χ4n) is 5.48. The number of phenols is 1. The number of benzene rings is 1. The van der Waals surface area contributed by atoms with Gasteiger partial charge in [0.1, 0.15) is 10.4 Å². The van der Waals surface area contributed by atoms with Crippen LogP contribution in [-0.4, -0.2) is 33.1 Å². The van der Waals surface area contributed by atoms with Gasteiger partial charge in [-0.3, -0.25) is 4.90 Å². The topological polar surface area (TPSA) is 36.1 Å². The number of phenolic OH excluding ortho intramolecular Hbond substituents is 1. The van der Waals surface area contributed by atoms with Crippen molar-refractivity contribution < 1.29 is 5.11 Å². The molecule has 2 aliphatic heterocycles. The molecule has 1 spiro atoms. The van der Waals surface area contributed by atoms with Crippen LogP contribution >= 0.6 is 15.9 Å². The third-order valence-electron chi connectivity index (χ3n) is 6.29. The molecule has 3 nitrogen and oxygen atoms in total. The molecule has 1 aliphatic carbocycles. The molecule has 5 atom stereocenters. The maximum atomic E-state index is 9.82. The van der Waals surface area contributed by atoms with Gasteiger partial charge in [0.05, 0.1) is 5.52 Å². The van der Waals surface area contributed by atoms with Crippen LogP contribution in [0.1, 0.15) is 25.3 Å². The van der Waals surface area contributed by atoms with E-state index in [2.05, 4.69) is 38.8 Å². The quantitative estimate of drug-likeness (QED) is 0.670. The van der Waals surface area contributed by atoms with Gasteiger partial charge in [-0.15, -0.1) is 0 Å². The summed E-state index contributed by atoms with van der Waals surface area (Å²) in [7, 11) is 0. The summed E-state index contributed by atoms with van der Waals surface area (Å²) < 4.78 is 0.887. The first-order valence-corrected chi connectivity index (χ1v) is 9.00. The van der Waals surface area contributed by atoms with Crippen LogP contribution in [0.3, 0.4) is 0 Å². The molecule has 2 aromatic rings. The highest BCUT2D eigenvalue weighted by Gasteiger charge is 2.84. The van der Waals surface area contributed by atoms with Gasteiger partial charge in [0.2, 0.25) is 0 Å². The first-order chi connectivity index (χ1) is 10.7. The van der Waals surface area contributed by atoms with Gasteiger partial charge < -0.3 is 5.11 Å². The Morgan fingerprint density at radius 3 is 3.05 bits per heavy atom. The van der Waals surface area contributed by atoms with E-state index in [1.807, 2.05) is 12.1 Å². The Morgan fingerprint density at radius 1 is 1.41 bits per heavy atom. The van der Waals surface area contributed by atoms with Crippen molar-refractivity contribution in [2.24, 2.45) is 11.8 Å². The summed E-state index contributed by atoms with van der Waals surface area (Å²) in [4.78, 5) is 7.26. The largest absolute Gasteiger partial charge is 0.508 e. The van der Waals surface area contributed by atoms with Crippen molar-refractivity contribution in [2.75, 3.05) is 6.54 Å². The molecular formula is C18H19BrN2O. The fraction of sp³-hybridized carbons (Fsp3) is 0.500. The summed E-state index contributed by atoms with van der Waals surface area (Å²) in [5, 5.41) is 10.9. The first-order valence-electron chi connectivity index (χ1n) is 8.21. The minimum absolute atomic E-state index is 0.322. The summed E-state index contributed by atoms with van der Waals surface area (Å²) in [5.41, 5.74) is 2.81. The van der Waals surface area contributed by atoms with Crippen molar-refractivity contribution in [1.82, 2.24) is 9.88 Å². The molecule has 1 N–H and O–H groups in total. The van der Waals surface area contributed by atoms with Gasteiger partial charge in [-0.05, 0) is 77.0 Å². The van der Waals surface area contributed by atoms with E-state index in [0.29, 0.717) is 17.3 Å². The Morgan fingerprint density at radius 2 is 2.27 bits per heavy atom. The van der Waals surface area contributed by atoms with Crippen LogP contribution in [-0.2, 0) is 6.42 Å². The van der Waals surface area contributed by atoms with Crippen LogP contribution in [0.25, 0.3) is 10.9 Å². The lowest BCUT2D eigenvalue weighted by Crippen LogP contribution is -2.07. The predicted molar refractivity (Wildman–Crippen MR) is 89.9 cm³/mol. The van der Waals surface area contributed by atoms with Crippen molar-refractivity contribution in [3.8, 4) is 5.75 Å². The van der Waals surface area contributed by atoms with Crippen molar-refractivity contribution in [1.29, 1.82) is 0 Å². The van der Waals surface area contributed by atoms with E-state index in [0.717, 1.165) is 33.8 Å². The smallest absolute Gasteiger partial charge is 0.116 e. The van der Waals surface area contributed by atoms with Crippen LogP contribution < -0.4 is 0 Å². The SMILES string of the molecule is CCC1C2CCN3C(Cc4cc(Br)nc5ccc(O)cc45)C123. The van der Waals surface area contributed by atoms with Crippen LogP contribution in [0, 0.1) is 11.8 Å². The summed E-state index contributed by atoms with van der Waals surface area (Å²) in [6.07, 6.45) is 3.80. The molecule has 3 heterocycles. The third kappa shape index (κ3) is 1.52. The Bertz CT molecular complexity index is 786. The highest BCUT2D eigenvalue weighted by Crippen LogP contribution is 2.75. The molecule has 0 radical (unpaired) electrons. The normalized spacial score (nSPS) is 37.9. The number of halogens is 1. The highest BCUT2D eigenvalue weighted by molar-refractivity contribution is 9.10. The number of nitrogens with zero attached hydrogens (tertiary/aromatic N) is 2. The molecule has 2 saturated heterocycles. The van der Waals surface area contributed by atoms with Crippen LogP contribution in [0.5, 0.6) is 5.75 Å². The number of hydrogen-bond donors (Lipinski definition) is 1. The molecule has 3 aliphatic rings. The molecule has 1 saturated carbocycles. The molecule has 5 unspecified atom stereocenters. The third-order valence-corrected chi connectivity index (χ3v) is 6.69. The first kappa shape index (κ1) is 13.3. The zero-order valence-corrected chi connectivity index (χ0v) is 14.2. The molecule has 0 amide bonds. The zero-order chi connectivity index (χ0) is 15.1. The lowest BCUT2D eigenvalue weighted by molar-refractivity contribution is 0.460. The number of piperidine rings is 2. The van der Waals surface area contributed by atoms with Crippen molar-refractivity contribution >= 4 is 26.8 Å². The van der Waals surface area contributed by atoms with Gasteiger partial charge in [0, 0.05) is 17.0 Å². The van der Waals surface area contributed by atoms with Gasteiger partial charge in [-0.1, -0.05) is 13.3 Å². The summed E-state index contributed by atoms with van der Waals surface area (Å²) in [6, 6.07) is 8.31. The van der Waals surface area contributed by atoms with Crippen molar-refractivity contribution in [2.45, 2.75) is 37.8 Å². The van der Waals surface area contributed by atoms with Gasteiger partial charge in [-0.2, -0.15) is 0 Å². The van der Waals surface area contributed by atoms with E-state index in [9.17, 15) is 5.11 Å². The number of rotatable bonds is 3. The fourth-order valence-corrected chi connectivity index (χ4v) is 5.95. The van der Waals surface area contributed by atoms with Crippen LogP contribution in [0.15, 0.2) is 28.9 Å².